The molecule has 31 heavy (non-hydrogen) atoms. The van der Waals surface area contributed by atoms with Crippen molar-refractivity contribution in [1.82, 2.24) is 21.3 Å². The van der Waals surface area contributed by atoms with E-state index in [9.17, 15) is 29.4 Å². The number of aromatic hydroxyl groups is 1. The fourth-order valence-electron chi connectivity index (χ4n) is 3.13. The largest absolute Gasteiger partial charge is 0.508 e. The molecule has 4 atom stereocenters. The molecule has 1 heterocycles. The Labute approximate surface area is 179 Å². The first kappa shape index (κ1) is 24.3. The van der Waals surface area contributed by atoms with Crippen LogP contribution in [-0.2, 0) is 25.6 Å². The fourth-order valence-corrected chi connectivity index (χ4v) is 3.13. The summed E-state index contributed by atoms with van der Waals surface area (Å²) in [6, 6.07) is 2.06. The lowest BCUT2D eigenvalue weighted by atomic mass is 10.0. The van der Waals surface area contributed by atoms with E-state index in [2.05, 4.69) is 21.3 Å². The van der Waals surface area contributed by atoms with Gasteiger partial charge in [0, 0.05) is 6.42 Å². The highest BCUT2D eigenvalue weighted by Crippen LogP contribution is 2.12. The number of aldehydes is 1. The molecule has 1 aromatic carbocycles. The molecule has 0 aromatic heterocycles. The van der Waals surface area contributed by atoms with Crippen LogP contribution < -0.4 is 21.3 Å². The number of phenolic OH excluding ortho intramolecular Hbond substituents is 1. The Morgan fingerprint density at radius 3 is 2.26 bits per heavy atom. The van der Waals surface area contributed by atoms with Crippen LogP contribution in [0.15, 0.2) is 24.3 Å². The molecule has 0 aliphatic carbocycles. The van der Waals surface area contributed by atoms with E-state index in [0.29, 0.717) is 24.8 Å². The van der Waals surface area contributed by atoms with Crippen LogP contribution in [0.2, 0.25) is 0 Å². The zero-order valence-electron chi connectivity index (χ0n) is 16.9. The van der Waals surface area contributed by atoms with E-state index in [-0.39, 0.29) is 18.1 Å². The predicted octanol–water partition coefficient (Wildman–Crippen LogP) is -2.68. The van der Waals surface area contributed by atoms with Crippen molar-refractivity contribution in [2.45, 2.75) is 43.4 Å². The Morgan fingerprint density at radius 2 is 1.71 bits per heavy atom. The van der Waals surface area contributed by atoms with Gasteiger partial charge in [0.15, 0.2) is 0 Å². The lowest BCUT2D eigenvalue weighted by molar-refractivity contribution is -0.133. The normalized spacial score (nSPS) is 18.5. The van der Waals surface area contributed by atoms with Crippen LogP contribution in [0, 0.1) is 0 Å². The van der Waals surface area contributed by atoms with Crippen LogP contribution >= 0.6 is 0 Å². The van der Waals surface area contributed by atoms with E-state index < -0.39 is 49.2 Å². The van der Waals surface area contributed by atoms with Gasteiger partial charge in [0.2, 0.25) is 17.7 Å². The third-order valence-corrected chi connectivity index (χ3v) is 4.89. The molecule has 11 heteroatoms. The minimum absolute atomic E-state index is 0.0505. The summed E-state index contributed by atoms with van der Waals surface area (Å²) in [6.07, 6.45) is 1.88. The maximum atomic E-state index is 12.9. The number of hydrogen-bond acceptors (Lipinski definition) is 8. The summed E-state index contributed by atoms with van der Waals surface area (Å²) in [7, 11) is 0. The Morgan fingerprint density at radius 1 is 1.03 bits per heavy atom. The molecule has 0 spiro atoms. The molecule has 1 fully saturated rings. The topological polar surface area (TPSA) is 177 Å². The molecular weight excluding hydrogens is 408 g/mol. The Bertz CT molecular complexity index is 765. The highest BCUT2D eigenvalue weighted by Gasteiger charge is 2.30. The summed E-state index contributed by atoms with van der Waals surface area (Å²) in [5.41, 5.74) is 0.656. The average Bonchev–Trinajstić information content (AvgIpc) is 3.31. The van der Waals surface area contributed by atoms with Gasteiger partial charge in [-0.1, -0.05) is 12.1 Å². The lowest BCUT2D eigenvalue weighted by Crippen LogP contribution is -2.58. The highest BCUT2D eigenvalue weighted by molar-refractivity contribution is 5.93. The molecule has 1 saturated heterocycles. The second kappa shape index (κ2) is 12.0. The number of phenols is 1. The first-order valence-electron chi connectivity index (χ1n) is 9.97. The van der Waals surface area contributed by atoms with Crippen molar-refractivity contribution in [2.75, 3.05) is 19.8 Å². The van der Waals surface area contributed by atoms with Gasteiger partial charge in [-0.3, -0.25) is 14.4 Å². The van der Waals surface area contributed by atoms with E-state index in [1.807, 2.05) is 0 Å². The van der Waals surface area contributed by atoms with Gasteiger partial charge in [-0.05, 0) is 37.1 Å². The van der Waals surface area contributed by atoms with E-state index in [1.165, 1.54) is 12.1 Å². The molecule has 0 saturated carbocycles. The molecule has 2 rings (SSSR count). The van der Waals surface area contributed by atoms with E-state index in [0.717, 1.165) is 6.42 Å². The van der Waals surface area contributed by atoms with Crippen LogP contribution in [0.1, 0.15) is 18.4 Å². The number of benzene rings is 1. The molecule has 1 aliphatic heterocycles. The number of carbonyl (C=O) groups excluding carboxylic acids is 4. The first-order valence-corrected chi connectivity index (χ1v) is 9.97. The standard InChI is InChI=1S/C20H28N4O7/c25-9-13(10-26)22-20(31)17(11-27)24-19(30)16(8-12-3-5-14(28)6-4-12)23-18(29)15-2-1-7-21-15/h3-6,9,13,15-17,21,26-28H,1-2,7-8,10-11H2,(H,22,31)(H,23,29)(H,24,30)/t13-,15+,16+,17+/m1/s1. The number of aliphatic hydroxyl groups excluding tert-OH is 2. The van der Waals surface area contributed by atoms with Gasteiger partial charge in [0.25, 0.3) is 0 Å². The van der Waals surface area contributed by atoms with Crippen molar-refractivity contribution in [1.29, 1.82) is 0 Å². The summed E-state index contributed by atoms with van der Waals surface area (Å²) in [5.74, 6) is -1.87. The molecule has 0 bridgehead atoms. The van der Waals surface area contributed by atoms with Gasteiger partial charge in [0.05, 0.1) is 19.3 Å². The van der Waals surface area contributed by atoms with E-state index in [1.54, 1.807) is 12.1 Å². The Balaban J connectivity index is 2.10. The number of aliphatic hydroxyl groups is 2. The number of hydrogen-bond donors (Lipinski definition) is 7. The quantitative estimate of drug-likeness (QED) is 0.184. The lowest BCUT2D eigenvalue weighted by Gasteiger charge is -2.24. The molecule has 7 N–H and O–H groups in total. The zero-order chi connectivity index (χ0) is 22.8. The Kier molecular flexibility index (Phi) is 9.38. The SMILES string of the molecule is O=C[C@H](CO)NC(=O)[C@H](CO)NC(=O)[C@H](Cc1ccc(O)cc1)NC(=O)[C@@H]1CCCN1. The highest BCUT2D eigenvalue weighted by atomic mass is 16.3. The molecular formula is C20H28N4O7. The molecule has 0 radical (unpaired) electrons. The minimum atomic E-state index is -1.38. The van der Waals surface area contributed by atoms with Crippen molar-refractivity contribution >= 4 is 24.0 Å². The van der Waals surface area contributed by atoms with Crippen LogP contribution in [-0.4, -0.2) is 83.3 Å². The molecule has 0 unspecified atom stereocenters. The zero-order valence-corrected chi connectivity index (χ0v) is 16.9. The second-order valence-corrected chi connectivity index (χ2v) is 7.26. The summed E-state index contributed by atoms with van der Waals surface area (Å²) in [5, 5.41) is 38.2. The van der Waals surface area contributed by atoms with Crippen LogP contribution in [0.5, 0.6) is 5.75 Å². The number of nitrogens with one attached hydrogen (secondary N) is 4. The van der Waals surface area contributed by atoms with Crippen LogP contribution in [0.25, 0.3) is 0 Å². The van der Waals surface area contributed by atoms with Gasteiger partial charge in [-0.15, -0.1) is 0 Å². The van der Waals surface area contributed by atoms with E-state index >= 15 is 0 Å². The molecule has 1 aromatic rings. The van der Waals surface area contributed by atoms with Gasteiger partial charge in [-0.25, -0.2) is 0 Å². The van der Waals surface area contributed by atoms with Crippen molar-refractivity contribution in [3.05, 3.63) is 29.8 Å². The maximum Gasteiger partial charge on any atom is 0.245 e. The van der Waals surface area contributed by atoms with Gasteiger partial charge < -0.3 is 41.4 Å². The fraction of sp³-hybridized carbons (Fsp3) is 0.500. The monoisotopic (exact) mass is 436 g/mol. The number of rotatable bonds is 11. The number of amides is 3. The maximum absolute atomic E-state index is 12.9. The van der Waals surface area contributed by atoms with Gasteiger partial charge in [0.1, 0.15) is 30.2 Å². The molecule has 1 aliphatic rings. The van der Waals surface area contributed by atoms with Gasteiger partial charge >= 0.3 is 0 Å². The Hall–Kier alpha value is -3.02. The number of carbonyl (C=O) groups is 4. The molecule has 3 amide bonds. The summed E-state index contributed by atoms with van der Waals surface area (Å²) < 4.78 is 0. The van der Waals surface area contributed by atoms with Crippen LogP contribution in [0.4, 0.5) is 0 Å². The third-order valence-electron chi connectivity index (χ3n) is 4.89. The van der Waals surface area contributed by atoms with Crippen molar-refractivity contribution in [3.63, 3.8) is 0 Å². The predicted molar refractivity (Wildman–Crippen MR) is 109 cm³/mol. The second-order valence-electron chi connectivity index (χ2n) is 7.26. The smallest absolute Gasteiger partial charge is 0.245 e. The van der Waals surface area contributed by atoms with Crippen LogP contribution in [0.3, 0.4) is 0 Å². The van der Waals surface area contributed by atoms with Crippen molar-refractivity contribution in [3.8, 4) is 5.75 Å². The third kappa shape index (κ3) is 7.31. The summed E-state index contributed by atoms with van der Waals surface area (Å²) >= 11 is 0. The summed E-state index contributed by atoms with van der Waals surface area (Å²) in [6.45, 7) is -0.684. The molecule has 170 valence electrons. The molecule has 11 nitrogen and oxygen atoms in total. The van der Waals surface area contributed by atoms with Crippen molar-refractivity contribution in [2.24, 2.45) is 0 Å². The van der Waals surface area contributed by atoms with Gasteiger partial charge in [-0.2, -0.15) is 0 Å². The first-order chi connectivity index (χ1) is 14.9. The average molecular weight is 436 g/mol. The van der Waals surface area contributed by atoms with E-state index in [4.69, 9.17) is 5.11 Å². The minimum Gasteiger partial charge on any atom is -0.508 e. The van der Waals surface area contributed by atoms with Crippen molar-refractivity contribution < 1.29 is 34.5 Å². The summed E-state index contributed by atoms with van der Waals surface area (Å²) in [4.78, 5) is 48.4.